The fourth-order valence-corrected chi connectivity index (χ4v) is 2.80. The number of nitrogens with zero attached hydrogens (tertiary/aromatic N) is 1. The highest BCUT2D eigenvalue weighted by Gasteiger charge is 2.12. The zero-order valence-electron chi connectivity index (χ0n) is 14.2. The normalized spacial score (nSPS) is 12.3. The van der Waals surface area contributed by atoms with Gasteiger partial charge in [0.05, 0.1) is 7.11 Å². The molecule has 0 aliphatic heterocycles. The smallest absolute Gasteiger partial charge is 0.159 e. The van der Waals surface area contributed by atoms with Crippen LogP contribution < -0.4 is 10.5 Å². The van der Waals surface area contributed by atoms with Gasteiger partial charge in [0.2, 0.25) is 0 Å². The van der Waals surface area contributed by atoms with Crippen LogP contribution in [0.2, 0.25) is 0 Å². The summed E-state index contributed by atoms with van der Waals surface area (Å²) in [6, 6.07) is 16.3. The topological polar surface area (TPSA) is 47.6 Å². The van der Waals surface area contributed by atoms with Crippen molar-refractivity contribution in [3.05, 3.63) is 59.7 Å². The number of thioether (sulfide) groups is 1. The summed E-state index contributed by atoms with van der Waals surface area (Å²) in [5, 5.41) is 0.536. The molecule has 0 bridgehead atoms. The van der Waals surface area contributed by atoms with Gasteiger partial charge in [-0.2, -0.15) is 0 Å². The molecule has 0 aromatic heterocycles. The highest BCUT2D eigenvalue weighted by molar-refractivity contribution is 8.13. The molecular formula is C19H24N2OS. The molecule has 0 aliphatic carbocycles. The zero-order valence-corrected chi connectivity index (χ0v) is 15.0. The maximum atomic E-state index is 6.03. The summed E-state index contributed by atoms with van der Waals surface area (Å²) in [6.07, 6.45) is 0. The SMILES string of the molecule is COc1ccccc1N=C(N)SCc1ccc(C(C)(C)C)cc1. The number of benzene rings is 2. The van der Waals surface area contributed by atoms with Gasteiger partial charge < -0.3 is 10.5 Å². The van der Waals surface area contributed by atoms with Crippen LogP contribution in [0.3, 0.4) is 0 Å². The fourth-order valence-electron chi connectivity index (χ4n) is 2.13. The van der Waals surface area contributed by atoms with E-state index in [9.17, 15) is 0 Å². The van der Waals surface area contributed by atoms with E-state index < -0.39 is 0 Å². The van der Waals surface area contributed by atoms with Crippen LogP contribution in [0.1, 0.15) is 31.9 Å². The molecule has 122 valence electrons. The third-order valence-corrected chi connectivity index (χ3v) is 4.39. The summed E-state index contributed by atoms with van der Waals surface area (Å²) in [4.78, 5) is 4.43. The largest absolute Gasteiger partial charge is 0.494 e. The van der Waals surface area contributed by atoms with Crippen LogP contribution in [-0.4, -0.2) is 12.3 Å². The Hall–Kier alpha value is -1.94. The quantitative estimate of drug-likeness (QED) is 0.643. The van der Waals surface area contributed by atoms with Crippen LogP contribution in [0.15, 0.2) is 53.5 Å². The van der Waals surface area contributed by atoms with Gasteiger partial charge in [-0.05, 0) is 28.7 Å². The average molecular weight is 328 g/mol. The number of rotatable bonds is 4. The minimum Gasteiger partial charge on any atom is -0.494 e. The number of hydrogen-bond donors (Lipinski definition) is 1. The Morgan fingerprint density at radius 1 is 1.09 bits per heavy atom. The minimum absolute atomic E-state index is 0.177. The van der Waals surface area contributed by atoms with Crippen LogP contribution >= 0.6 is 11.8 Å². The predicted octanol–water partition coefficient (Wildman–Crippen LogP) is 4.87. The maximum Gasteiger partial charge on any atom is 0.159 e. The molecule has 0 atom stereocenters. The first kappa shape index (κ1) is 17.4. The van der Waals surface area contributed by atoms with E-state index in [0.717, 1.165) is 17.2 Å². The van der Waals surface area contributed by atoms with Crippen molar-refractivity contribution in [3.63, 3.8) is 0 Å². The lowest BCUT2D eigenvalue weighted by Crippen LogP contribution is -2.10. The molecule has 0 unspecified atom stereocenters. The standard InChI is InChI=1S/C19H24N2OS/c1-19(2,3)15-11-9-14(10-12-15)13-23-18(20)21-16-7-5-6-8-17(16)22-4/h5-12H,13H2,1-4H3,(H2,20,21). The number of nitrogens with two attached hydrogens (primary N) is 1. The van der Waals surface area contributed by atoms with E-state index in [-0.39, 0.29) is 5.41 Å². The lowest BCUT2D eigenvalue weighted by molar-refractivity contribution is 0.416. The third-order valence-electron chi connectivity index (χ3n) is 3.52. The lowest BCUT2D eigenvalue weighted by atomic mass is 9.87. The molecule has 0 saturated heterocycles. The number of ether oxygens (including phenoxy) is 1. The predicted molar refractivity (Wildman–Crippen MR) is 101 cm³/mol. The van der Waals surface area contributed by atoms with E-state index in [1.165, 1.54) is 22.9 Å². The molecule has 4 heteroatoms. The van der Waals surface area contributed by atoms with Crippen LogP contribution in [0.5, 0.6) is 5.75 Å². The molecule has 0 heterocycles. The van der Waals surface area contributed by atoms with Gasteiger partial charge in [-0.25, -0.2) is 4.99 Å². The summed E-state index contributed by atoms with van der Waals surface area (Å²) in [7, 11) is 1.63. The van der Waals surface area contributed by atoms with E-state index in [1.807, 2.05) is 24.3 Å². The van der Waals surface area contributed by atoms with Gasteiger partial charge in [0, 0.05) is 5.75 Å². The molecule has 0 radical (unpaired) electrons. The van der Waals surface area contributed by atoms with E-state index in [2.05, 4.69) is 50.0 Å². The van der Waals surface area contributed by atoms with Gasteiger partial charge in [0.15, 0.2) is 5.17 Å². The van der Waals surface area contributed by atoms with E-state index >= 15 is 0 Å². The fraction of sp³-hybridized carbons (Fsp3) is 0.316. The summed E-state index contributed by atoms with van der Waals surface area (Å²) in [5.74, 6) is 1.53. The molecule has 2 N–H and O–H groups in total. The van der Waals surface area contributed by atoms with E-state index in [0.29, 0.717) is 5.17 Å². The van der Waals surface area contributed by atoms with Crippen molar-refractivity contribution in [2.75, 3.05) is 7.11 Å². The summed E-state index contributed by atoms with van der Waals surface area (Å²) in [6.45, 7) is 6.65. The first-order valence-electron chi connectivity index (χ1n) is 7.59. The first-order valence-corrected chi connectivity index (χ1v) is 8.58. The highest BCUT2D eigenvalue weighted by atomic mass is 32.2. The second kappa shape index (κ2) is 7.55. The van der Waals surface area contributed by atoms with Gasteiger partial charge >= 0.3 is 0 Å². The summed E-state index contributed by atoms with van der Waals surface area (Å²) >= 11 is 1.53. The first-order chi connectivity index (χ1) is 10.9. The van der Waals surface area contributed by atoms with Crippen molar-refractivity contribution in [1.82, 2.24) is 0 Å². The number of aliphatic imine (C=N–C) groups is 1. The second-order valence-corrected chi connectivity index (χ2v) is 7.35. The van der Waals surface area contributed by atoms with Crippen LogP contribution in [0.4, 0.5) is 5.69 Å². The molecule has 0 amide bonds. The number of methoxy groups -OCH3 is 1. The Bertz CT molecular complexity index is 673. The van der Waals surface area contributed by atoms with E-state index in [4.69, 9.17) is 10.5 Å². The van der Waals surface area contributed by atoms with E-state index in [1.54, 1.807) is 7.11 Å². The van der Waals surface area contributed by atoms with Crippen LogP contribution in [0.25, 0.3) is 0 Å². The average Bonchev–Trinajstić information content (AvgIpc) is 2.53. The Kier molecular flexibility index (Phi) is 5.72. The minimum atomic E-state index is 0.177. The van der Waals surface area contributed by atoms with Crippen molar-refractivity contribution >= 4 is 22.6 Å². The van der Waals surface area contributed by atoms with Crippen molar-refractivity contribution in [2.24, 2.45) is 10.7 Å². The molecular weight excluding hydrogens is 304 g/mol. The van der Waals surface area contributed by atoms with Crippen LogP contribution in [-0.2, 0) is 11.2 Å². The monoisotopic (exact) mass is 328 g/mol. The number of amidine groups is 1. The number of para-hydroxylation sites is 2. The number of hydrogen-bond acceptors (Lipinski definition) is 3. The Morgan fingerprint density at radius 2 is 1.74 bits per heavy atom. The van der Waals surface area contributed by atoms with Crippen molar-refractivity contribution < 1.29 is 4.74 Å². The molecule has 3 nitrogen and oxygen atoms in total. The van der Waals surface area contributed by atoms with Gasteiger partial charge in [-0.15, -0.1) is 0 Å². The summed E-state index contributed by atoms with van der Waals surface area (Å²) < 4.78 is 5.28. The summed E-state index contributed by atoms with van der Waals surface area (Å²) in [5.41, 5.74) is 9.54. The third kappa shape index (κ3) is 5.03. The molecule has 2 aromatic rings. The Balaban J connectivity index is 2.01. The maximum absolute atomic E-state index is 6.03. The van der Waals surface area contributed by atoms with Crippen molar-refractivity contribution in [3.8, 4) is 5.75 Å². The van der Waals surface area contributed by atoms with Gasteiger partial charge in [-0.3, -0.25) is 0 Å². The van der Waals surface area contributed by atoms with Gasteiger partial charge in [0.1, 0.15) is 11.4 Å². The molecule has 0 aliphatic rings. The molecule has 2 rings (SSSR count). The molecule has 23 heavy (non-hydrogen) atoms. The van der Waals surface area contributed by atoms with Gasteiger partial charge in [0.25, 0.3) is 0 Å². The Labute approximate surface area is 143 Å². The van der Waals surface area contributed by atoms with Crippen molar-refractivity contribution in [2.45, 2.75) is 31.9 Å². The van der Waals surface area contributed by atoms with Crippen LogP contribution in [0, 0.1) is 0 Å². The van der Waals surface area contributed by atoms with Gasteiger partial charge in [-0.1, -0.05) is 68.9 Å². The molecule has 0 saturated carbocycles. The molecule has 2 aromatic carbocycles. The zero-order chi connectivity index (χ0) is 16.9. The van der Waals surface area contributed by atoms with Crippen molar-refractivity contribution in [1.29, 1.82) is 0 Å². The highest BCUT2D eigenvalue weighted by Crippen LogP contribution is 2.28. The lowest BCUT2D eigenvalue weighted by Gasteiger charge is -2.19. The molecule has 0 fully saturated rings. The second-order valence-electron chi connectivity index (χ2n) is 6.36. The molecule has 0 spiro atoms. The Morgan fingerprint density at radius 3 is 2.35 bits per heavy atom.